The normalized spacial score (nSPS) is 20.6. The van der Waals surface area contributed by atoms with Gasteiger partial charge < -0.3 is 19.9 Å². The summed E-state index contributed by atoms with van der Waals surface area (Å²) in [5, 5.41) is 7.50. The van der Waals surface area contributed by atoms with E-state index in [1.807, 2.05) is 25.1 Å². The lowest BCUT2D eigenvalue weighted by atomic mass is 10.1. The summed E-state index contributed by atoms with van der Waals surface area (Å²) in [5.41, 5.74) is 0.755. The lowest BCUT2D eigenvalue weighted by molar-refractivity contribution is -0.120. The Morgan fingerprint density at radius 2 is 2.14 bits per heavy atom. The van der Waals surface area contributed by atoms with Crippen LogP contribution in [0.5, 0.6) is 0 Å². The van der Waals surface area contributed by atoms with Gasteiger partial charge in [0.05, 0.1) is 30.6 Å². The largest absolute Gasteiger partial charge is 0.373 e. The van der Waals surface area contributed by atoms with Crippen LogP contribution in [0.15, 0.2) is 17.4 Å². The van der Waals surface area contributed by atoms with Crippen LogP contribution >= 0.6 is 24.0 Å². The number of guanidine groups is 1. The molecule has 2 aliphatic rings. The molecule has 0 unspecified atom stereocenters. The van der Waals surface area contributed by atoms with E-state index in [0.717, 1.165) is 51.0 Å². The molecule has 0 bridgehead atoms. The molecule has 0 radical (unpaired) electrons. The summed E-state index contributed by atoms with van der Waals surface area (Å²) in [7, 11) is 1.86. The van der Waals surface area contributed by atoms with Crippen LogP contribution in [0.3, 0.4) is 0 Å². The second-order valence-corrected chi connectivity index (χ2v) is 7.96. The lowest BCUT2D eigenvalue weighted by Gasteiger charge is -2.38. The highest BCUT2D eigenvalue weighted by atomic mass is 127. The Morgan fingerprint density at radius 3 is 2.76 bits per heavy atom. The Hall–Kier alpha value is -1.40. The summed E-state index contributed by atoms with van der Waals surface area (Å²) >= 11 is 0. The van der Waals surface area contributed by atoms with Gasteiger partial charge in [0, 0.05) is 52.5 Å². The van der Waals surface area contributed by atoms with Gasteiger partial charge in [-0.1, -0.05) is 0 Å². The molecule has 164 valence electrons. The number of nitrogens with zero attached hydrogens (tertiary/aromatic N) is 6. The quantitative estimate of drug-likeness (QED) is 0.352. The van der Waals surface area contributed by atoms with Crippen LogP contribution in [0.4, 0.5) is 5.69 Å². The molecule has 0 aromatic carbocycles. The van der Waals surface area contributed by atoms with Gasteiger partial charge in [0.1, 0.15) is 6.54 Å². The number of anilines is 1. The molecular formula is C19H34IN7O2. The maximum atomic E-state index is 12.7. The van der Waals surface area contributed by atoms with Gasteiger partial charge in [0.15, 0.2) is 5.96 Å². The van der Waals surface area contributed by atoms with Crippen molar-refractivity contribution in [3.63, 3.8) is 0 Å². The topological polar surface area (TPSA) is 78.2 Å². The molecule has 0 spiro atoms. The first-order valence-corrected chi connectivity index (χ1v) is 10.1. The van der Waals surface area contributed by atoms with Crippen molar-refractivity contribution in [2.45, 2.75) is 26.4 Å². The minimum Gasteiger partial charge on any atom is -0.373 e. The highest BCUT2D eigenvalue weighted by molar-refractivity contribution is 14.0. The number of aryl methyl sites for hydroxylation is 1. The van der Waals surface area contributed by atoms with E-state index in [-0.39, 0.29) is 35.5 Å². The standard InChI is InChI=1S/C19H33N7O2.HI/c1-5-20-18(21-6-7-24-10-11-28-19(2,3)15-24)25-8-9-26(17(27)14-25)16-12-22-23(4)13-16;/h12-13H,5-11,14-15H2,1-4H3,(H,20,21);1H. The molecule has 2 fully saturated rings. The van der Waals surface area contributed by atoms with Crippen molar-refractivity contribution >= 4 is 41.5 Å². The van der Waals surface area contributed by atoms with Crippen molar-refractivity contribution in [2.75, 3.05) is 63.9 Å². The molecule has 0 aliphatic carbocycles. The third-order valence-corrected chi connectivity index (χ3v) is 5.04. The molecule has 10 heteroatoms. The Balaban J connectivity index is 0.00000300. The van der Waals surface area contributed by atoms with Crippen LogP contribution in [0.25, 0.3) is 0 Å². The number of carbonyl (C=O) groups excluding carboxylic acids is 1. The van der Waals surface area contributed by atoms with E-state index in [1.165, 1.54) is 0 Å². The zero-order chi connectivity index (χ0) is 20.1. The second-order valence-electron chi connectivity index (χ2n) is 7.96. The van der Waals surface area contributed by atoms with Gasteiger partial charge in [0.2, 0.25) is 5.91 Å². The monoisotopic (exact) mass is 519 g/mol. The summed E-state index contributed by atoms with van der Waals surface area (Å²) < 4.78 is 7.49. The smallest absolute Gasteiger partial charge is 0.246 e. The van der Waals surface area contributed by atoms with E-state index in [2.05, 4.69) is 29.2 Å². The number of hydrogen-bond acceptors (Lipinski definition) is 5. The number of aliphatic imine (C=N–C) groups is 1. The fourth-order valence-corrected chi connectivity index (χ4v) is 3.70. The summed E-state index contributed by atoms with van der Waals surface area (Å²) in [6, 6.07) is 0. The SMILES string of the molecule is CCNC(=NCCN1CCOC(C)(C)C1)N1CCN(c2cnn(C)c2)C(=O)C1.I. The fraction of sp³-hybridized carbons (Fsp3) is 0.737. The summed E-state index contributed by atoms with van der Waals surface area (Å²) in [5.74, 6) is 0.883. The van der Waals surface area contributed by atoms with E-state index >= 15 is 0 Å². The van der Waals surface area contributed by atoms with Crippen LogP contribution in [0, 0.1) is 0 Å². The maximum absolute atomic E-state index is 12.7. The first-order valence-electron chi connectivity index (χ1n) is 10.1. The summed E-state index contributed by atoms with van der Waals surface area (Å²) in [6.45, 7) is 13.0. The number of aromatic nitrogens is 2. The van der Waals surface area contributed by atoms with E-state index in [0.29, 0.717) is 19.6 Å². The van der Waals surface area contributed by atoms with Gasteiger partial charge in [0.25, 0.3) is 0 Å². The lowest BCUT2D eigenvalue weighted by Crippen LogP contribution is -2.55. The van der Waals surface area contributed by atoms with E-state index in [9.17, 15) is 4.79 Å². The van der Waals surface area contributed by atoms with Gasteiger partial charge in [-0.2, -0.15) is 5.10 Å². The Labute approximate surface area is 190 Å². The first kappa shape index (κ1) is 23.9. The predicted octanol–water partition coefficient (Wildman–Crippen LogP) is 0.763. The van der Waals surface area contributed by atoms with Crippen LogP contribution < -0.4 is 10.2 Å². The van der Waals surface area contributed by atoms with Crippen molar-refractivity contribution in [1.82, 2.24) is 24.9 Å². The predicted molar refractivity (Wildman–Crippen MR) is 125 cm³/mol. The number of nitrogens with one attached hydrogen (secondary N) is 1. The maximum Gasteiger partial charge on any atom is 0.246 e. The summed E-state index contributed by atoms with van der Waals surface area (Å²) in [4.78, 5) is 23.7. The van der Waals surface area contributed by atoms with Gasteiger partial charge in [-0.05, 0) is 20.8 Å². The minimum atomic E-state index is -0.0957. The molecule has 1 N–H and O–H groups in total. The molecule has 0 atom stereocenters. The Kier molecular flexibility index (Phi) is 8.71. The van der Waals surface area contributed by atoms with E-state index in [1.54, 1.807) is 15.8 Å². The molecule has 1 amide bonds. The van der Waals surface area contributed by atoms with Crippen LogP contribution in [-0.4, -0.2) is 96.0 Å². The highest BCUT2D eigenvalue weighted by Gasteiger charge is 2.28. The average molecular weight is 519 g/mol. The van der Waals surface area contributed by atoms with Gasteiger partial charge in [-0.25, -0.2) is 0 Å². The zero-order valence-electron chi connectivity index (χ0n) is 17.9. The minimum absolute atomic E-state index is 0. The van der Waals surface area contributed by atoms with Crippen LogP contribution in [0.1, 0.15) is 20.8 Å². The molecule has 2 aliphatic heterocycles. The molecule has 2 saturated heterocycles. The van der Waals surface area contributed by atoms with Gasteiger partial charge in [-0.3, -0.25) is 19.4 Å². The van der Waals surface area contributed by atoms with Gasteiger partial charge in [-0.15, -0.1) is 24.0 Å². The van der Waals surface area contributed by atoms with Crippen LogP contribution in [0.2, 0.25) is 0 Å². The number of amides is 1. The van der Waals surface area contributed by atoms with Crippen molar-refractivity contribution in [3.05, 3.63) is 12.4 Å². The summed E-state index contributed by atoms with van der Waals surface area (Å²) in [6.07, 6.45) is 3.60. The van der Waals surface area contributed by atoms with Crippen molar-refractivity contribution in [1.29, 1.82) is 0 Å². The zero-order valence-corrected chi connectivity index (χ0v) is 20.3. The average Bonchev–Trinajstić information content (AvgIpc) is 3.06. The number of carbonyl (C=O) groups is 1. The molecule has 0 saturated carbocycles. The Bertz CT molecular complexity index is 706. The van der Waals surface area contributed by atoms with E-state index < -0.39 is 0 Å². The van der Waals surface area contributed by atoms with Crippen LogP contribution in [-0.2, 0) is 16.6 Å². The molecule has 1 aromatic rings. The molecule has 9 nitrogen and oxygen atoms in total. The number of hydrogen-bond donors (Lipinski definition) is 1. The second kappa shape index (κ2) is 10.6. The van der Waals surface area contributed by atoms with Crippen molar-refractivity contribution < 1.29 is 9.53 Å². The molecule has 3 rings (SSSR count). The molecular weight excluding hydrogens is 485 g/mol. The van der Waals surface area contributed by atoms with E-state index in [4.69, 9.17) is 9.73 Å². The van der Waals surface area contributed by atoms with Crippen molar-refractivity contribution in [2.24, 2.45) is 12.0 Å². The number of morpholine rings is 1. The molecule has 3 heterocycles. The number of ether oxygens (including phenoxy) is 1. The molecule has 1 aromatic heterocycles. The van der Waals surface area contributed by atoms with Crippen molar-refractivity contribution in [3.8, 4) is 0 Å². The molecule has 29 heavy (non-hydrogen) atoms. The highest BCUT2D eigenvalue weighted by Crippen LogP contribution is 2.17. The number of piperazine rings is 1. The third kappa shape index (κ3) is 6.54. The van der Waals surface area contributed by atoms with Gasteiger partial charge >= 0.3 is 0 Å². The Morgan fingerprint density at radius 1 is 1.34 bits per heavy atom. The third-order valence-electron chi connectivity index (χ3n) is 5.04. The first-order chi connectivity index (χ1) is 13.4. The fourth-order valence-electron chi connectivity index (χ4n) is 3.70. The number of halogens is 1. The number of rotatable bonds is 5.